The van der Waals surface area contributed by atoms with E-state index < -0.39 is 21.7 Å². The van der Waals surface area contributed by atoms with E-state index in [1.165, 1.54) is 16.8 Å². The SMILES string of the molecule is O=S(=O)([O-])CC[n+]1ccc2ccc(F)cc2n1. The molecule has 1 aromatic carbocycles. The van der Waals surface area contributed by atoms with Crippen LogP contribution in [0.15, 0.2) is 30.5 Å². The van der Waals surface area contributed by atoms with Gasteiger partial charge in [-0.1, -0.05) is 4.68 Å². The third kappa shape index (κ3) is 3.18. The van der Waals surface area contributed by atoms with E-state index in [1.54, 1.807) is 18.3 Å². The molecule has 0 spiro atoms. The minimum Gasteiger partial charge on any atom is -0.748 e. The fourth-order valence-electron chi connectivity index (χ4n) is 1.41. The van der Waals surface area contributed by atoms with Crippen LogP contribution < -0.4 is 4.68 Å². The second-order valence-corrected chi connectivity index (χ2v) is 5.07. The first kappa shape index (κ1) is 11.9. The number of halogens is 1. The van der Waals surface area contributed by atoms with Gasteiger partial charge in [0, 0.05) is 22.6 Å². The lowest BCUT2D eigenvalue weighted by molar-refractivity contribution is -0.747. The van der Waals surface area contributed by atoms with Gasteiger partial charge in [0.1, 0.15) is 21.5 Å². The van der Waals surface area contributed by atoms with Crippen LogP contribution in [0.4, 0.5) is 4.39 Å². The lowest BCUT2D eigenvalue weighted by Gasteiger charge is -2.02. The summed E-state index contributed by atoms with van der Waals surface area (Å²) in [6.07, 6.45) is 1.55. The van der Waals surface area contributed by atoms with E-state index in [0.29, 0.717) is 5.52 Å². The van der Waals surface area contributed by atoms with Gasteiger partial charge in [0.15, 0.2) is 12.7 Å². The zero-order chi connectivity index (χ0) is 12.5. The van der Waals surface area contributed by atoms with Gasteiger partial charge in [0.05, 0.1) is 5.75 Å². The maximum absolute atomic E-state index is 12.9. The van der Waals surface area contributed by atoms with E-state index in [2.05, 4.69) is 5.10 Å². The van der Waals surface area contributed by atoms with Crippen molar-refractivity contribution in [3.05, 3.63) is 36.3 Å². The first-order valence-electron chi connectivity index (χ1n) is 4.84. The van der Waals surface area contributed by atoms with Crippen LogP contribution in [0.1, 0.15) is 0 Å². The largest absolute Gasteiger partial charge is 0.748 e. The molecule has 0 aliphatic heterocycles. The number of aryl methyl sites for hydroxylation is 1. The van der Waals surface area contributed by atoms with Gasteiger partial charge in [-0.05, 0) is 12.1 Å². The Morgan fingerprint density at radius 2 is 2.12 bits per heavy atom. The van der Waals surface area contributed by atoms with Crippen LogP contribution in [-0.2, 0) is 16.7 Å². The fourth-order valence-corrected chi connectivity index (χ4v) is 1.82. The molecule has 0 radical (unpaired) electrons. The van der Waals surface area contributed by atoms with Crippen molar-refractivity contribution in [2.45, 2.75) is 6.54 Å². The lowest BCUT2D eigenvalue weighted by atomic mass is 10.2. The summed E-state index contributed by atoms with van der Waals surface area (Å²) < 4.78 is 45.6. The first-order chi connectivity index (χ1) is 7.94. The molecule has 0 saturated heterocycles. The highest BCUT2D eigenvalue weighted by Gasteiger charge is 2.08. The Labute approximate surface area is 97.3 Å². The van der Waals surface area contributed by atoms with Crippen molar-refractivity contribution in [2.75, 3.05) is 5.75 Å². The monoisotopic (exact) mass is 256 g/mol. The van der Waals surface area contributed by atoms with Crippen LogP contribution in [0.2, 0.25) is 0 Å². The molecule has 0 aliphatic carbocycles. The molecule has 0 aliphatic rings. The zero-order valence-electron chi connectivity index (χ0n) is 8.71. The Balaban J connectivity index is 2.31. The first-order valence-corrected chi connectivity index (χ1v) is 6.41. The molecule has 5 nitrogen and oxygen atoms in total. The molecular formula is C10H9FN2O3S. The highest BCUT2D eigenvalue weighted by atomic mass is 32.2. The Hall–Kier alpha value is -1.60. The van der Waals surface area contributed by atoms with E-state index in [0.717, 1.165) is 5.39 Å². The molecule has 0 atom stereocenters. The van der Waals surface area contributed by atoms with Crippen LogP contribution in [0.5, 0.6) is 0 Å². The molecule has 2 aromatic rings. The number of benzene rings is 1. The van der Waals surface area contributed by atoms with Crippen LogP contribution in [0.3, 0.4) is 0 Å². The third-order valence-electron chi connectivity index (χ3n) is 2.23. The van der Waals surface area contributed by atoms with Gasteiger partial charge in [-0.25, -0.2) is 12.8 Å². The van der Waals surface area contributed by atoms with Crippen molar-refractivity contribution in [1.29, 1.82) is 0 Å². The molecule has 7 heteroatoms. The summed E-state index contributed by atoms with van der Waals surface area (Å²) in [5.41, 5.74) is 0.413. The standard InChI is InChI=1S/C10H9FN2O3S/c11-9-2-1-8-3-4-13(12-10(8)7-9)5-6-17(14,15)16/h1-4,7H,5-6H2. The van der Waals surface area contributed by atoms with Crippen LogP contribution in [0.25, 0.3) is 10.9 Å². The minimum absolute atomic E-state index is 0.0434. The lowest BCUT2D eigenvalue weighted by Crippen LogP contribution is -2.40. The molecule has 0 saturated carbocycles. The molecule has 0 fully saturated rings. The summed E-state index contributed by atoms with van der Waals surface area (Å²) in [6.45, 7) is -0.0434. The van der Waals surface area contributed by atoms with Gasteiger partial charge in [-0.2, -0.15) is 0 Å². The Morgan fingerprint density at radius 3 is 2.82 bits per heavy atom. The highest BCUT2D eigenvalue weighted by molar-refractivity contribution is 7.85. The molecule has 2 rings (SSSR count). The molecule has 1 heterocycles. The van der Waals surface area contributed by atoms with Gasteiger partial charge < -0.3 is 4.55 Å². The average molecular weight is 256 g/mol. The predicted molar refractivity (Wildman–Crippen MR) is 56.5 cm³/mol. The second kappa shape index (κ2) is 4.34. The van der Waals surface area contributed by atoms with E-state index >= 15 is 0 Å². The summed E-state index contributed by atoms with van der Waals surface area (Å²) in [4.78, 5) is 0. The van der Waals surface area contributed by atoms with Crippen molar-refractivity contribution >= 4 is 21.0 Å². The van der Waals surface area contributed by atoms with Crippen LogP contribution in [-0.4, -0.2) is 23.8 Å². The maximum Gasteiger partial charge on any atom is 0.196 e. The van der Waals surface area contributed by atoms with Gasteiger partial charge in [-0.15, -0.1) is 0 Å². The molecule has 0 amide bonds. The summed E-state index contributed by atoms with van der Waals surface area (Å²) in [7, 11) is -4.27. The van der Waals surface area contributed by atoms with E-state index in [4.69, 9.17) is 0 Å². The van der Waals surface area contributed by atoms with Crippen molar-refractivity contribution in [2.24, 2.45) is 0 Å². The smallest absolute Gasteiger partial charge is 0.196 e. The minimum atomic E-state index is -4.27. The Morgan fingerprint density at radius 1 is 1.35 bits per heavy atom. The van der Waals surface area contributed by atoms with Crippen molar-refractivity contribution in [1.82, 2.24) is 5.10 Å². The number of aromatic nitrogens is 2. The van der Waals surface area contributed by atoms with E-state index in [-0.39, 0.29) is 6.54 Å². The second-order valence-electron chi connectivity index (χ2n) is 3.54. The quantitative estimate of drug-likeness (QED) is 0.581. The normalized spacial score (nSPS) is 11.9. The maximum atomic E-state index is 12.9. The number of hydrogen-bond donors (Lipinski definition) is 0. The summed E-state index contributed by atoms with van der Waals surface area (Å²) in [5, 5.41) is 4.76. The zero-order valence-corrected chi connectivity index (χ0v) is 9.52. The molecule has 0 bridgehead atoms. The van der Waals surface area contributed by atoms with Crippen molar-refractivity contribution < 1.29 is 22.0 Å². The third-order valence-corrected chi connectivity index (χ3v) is 2.91. The summed E-state index contributed by atoms with van der Waals surface area (Å²) in [5.74, 6) is -0.954. The summed E-state index contributed by atoms with van der Waals surface area (Å²) >= 11 is 0. The van der Waals surface area contributed by atoms with Gasteiger partial charge >= 0.3 is 0 Å². The number of rotatable bonds is 3. The predicted octanol–water partition coefficient (Wildman–Crippen LogP) is 0.207. The topological polar surface area (TPSA) is 74.0 Å². The van der Waals surface area contributed by atoms with E-state index in [1.807, 2.05) is 0 Å². The molecule has 17 heavy (non-hydrogen) atoms. The molecular weight excluding hydrogens is 247 g/mol. The number of hydrogen-bond acceptors (Lipinski definition) is 4. The average Bonchev–Trinajstić information content (AvgIpc) is 2.24. The van der Waals surface area contributed by atoms with Crippen LogP contribution >= 0.6 is 0 Å². The highest BCUT2D eigenvalue weighted by Crippen LogP contribution is 2.10. The van der Waals surface area contributed by atoms with Crippen LogP contribution in [0, 0.1) is 5.82 Å². The van der Waals surface area contributed by atoms with Crippen molar-refractivity contribution in [3.63, 3.8) is 0 Å². The van der Waals surface area contributed by atoms with Gasteiger partial charge in [0.2, 0.25) is 0 Å². The van der Waals surface area contributed by atoms with Gasteiger partial charge in [0.25, 0.3) is 0 Å². The van der Waals surface area contributed by atoms with E-state index in [9.17, 15) is 17.4 Å². The van der Waals surface area contributed by atoms with Gasteiger partial charge in [-0.3, -0.25) is 0 Å². The number of nitrogens with zero attached hydrogens (tertiary/aromatic N) is 2. The Bertz CT molecular complexity index is 658. The Kier molecular flexibility index (Phi) is 3.03. The number of fused-ring (bicyclic) bond motifs is 1. The fraction of sp³-hybridized carbons (Fsp3) is 0.200. The molecule has 0 unspecified atom stereocenters. The summed E-state index contributed by atoms with van der Waals surface area (Å²) in [6, 6.07) is 5.82. The molecule has 0 N–H and O–H groups in total. The molecule has 1 aromatic heterocycles. The molecule has 90 valence electrons. The van der Waals surface area contributed by atoms with Crippen molar-refractivity contribution in [3.8, 4) is 0 Å².